The van der Waals surface area contributed by atoms with Gasteiger partial charge in [0.2, 0.25) is 0 Å². The number of halogens is 2. The fraction of sp³-hybridized carbons (Fsp3) is 0.286. The summed E-state index contributed by atoms with van der Waals surface area (Å²) >= 11 is 6.14. The average molecular weight is 317 g/mol. The van der Waals surface area contributed by atoms with E-state index in [1.54, 1.807) is 20.5 Å². The van der Waals surface area contributed by atoms with Crippen LogP contribution in [0.1, 0.15) is 11.3 Å². The molecule has 1 aromatic carbocycles. The van der Waals surface area contributed by atoms with Crippen molar-refractivity contribution in [3.05, 3.63) is 46.9 Å². The lowest BCUT2D eigenvalue weighted by Gasteiger charge is -2.12. The summed E-state index contributed by atoms with van der Waals surface area (Å²) < 4.78 is 15.7. The number of ether oxygens (including phenoxy) is 2. The van der Waals surface area contributed by atoms with Crippen LogP contribution >= 0.6 is 11.6 Å². The molecule has 20 heavy (non-hydrogen) atoms. The van der Waals surface area contributed by atoms with Crippen LogP contribution in [-0.2, 0) is 13.1 Å². The Labute approximate surface area is 129 Å². The minimum absolute atomic E-state index is 0. The van der Waals surface area contributed by atoms with Gasteiger partial charge in [-0.25, -0.2) is 0 Å². The summed E-state index contributed by atoms with van der Waals surface area (Å²) in [5.74, 6) is 2.08. The molecule has 0 unspecified atom stereocenters. The molecule has 2 aromatic rings. The first-order chi connectivity index (χ1) is 9.24. The fourth-order valence-electron chi connectivity index (χ4n) is 1.82. The van der Waals surface area contributed by atoms with Gasteiger partial charge in [0.15, 0.2) is 11.5 Å². The molecule has 2 rings (SSSR count). The van der Waals surface area contributed by atoms with Crippen LogP contribution in [0, 0.1) is 0 Å². The maximum Gasteiger partial charge on any atom is 0.179 e. The van der Waals surface area contributed by atoms with E-state index in [1.165, 1.54) is 0 Å². The van der Waals surface area contributed by atoms with Gasteiger partial charge in [-0.05, 0) is 29.8 Å². The Balaban J connectivity index is 0.00000200. The van der Waals surface area contributed by atoms with Crippen LogP contribution in [0.3, 0.4) is 0 Å². The molecule has 4 nitrogen and oxygen atoms in total. The Bertz CT molecular complexity index is 529. The fourth-order valence-corrected chi connectivity index (χ4v) is 2.13. The Morgan fingerprint density at radius 1 is 1.20 bits per heavy atom. The topological polar surface area (TPSA) is 43.6 Å². The average Bonchev–Trinajstić information content (AvgIpc) is 2.91. The predicted octanol–water partition coefficient (Wildman–Crippen LogP) is 0.244. The molecule has 6 heteroatoms. The van der Waals surface area contributed by atoms with E-state index in [0.29, 0.717) is 29.6 Å². The van der Waals surface area contributed by atoms with E-state index in [1.807, 2.05) is 24.3 Å². The number of hydrogen-bond acceptors (Lipinski definition) is 4. The third-order valence-corrected chi connectivity index (χ3v) is 2.98. The number of methoxy groups -OCH3 is 2. The van der Waals surface area contributed by atoms with Crippen molar-refractivity contribution in [3.63, 3.8) is 0 Å². The third-order valence-electron chi connectivity index (χ3n) is 2.70. The minimum atomic E-state index is 0. The van der Waals surface area contributed by atoms with Crippen LogP contribution in [0.4, 0.5) is 0 Å². The number of rotatable bonds is 6. The van der Waals surface area contributed by atoms with Crippen molar-refractivity contribution in [3.8, 4) is 11.5 Å². The molecule has 0 bridgehead atoms. The molecule has 0 atom stereocenters. The van der Waals surface area contributed by atoms with Crippen molar-refractivity contribution < 1.29 is 26.3 Å². The molecular weight excluding hydrogens is 301 g/mol. The molecule has 0 aliphatic carbocycles. The highest BCUT2D eigenvalue weighted by Crippen LogP contribution is 2.35. The van der Waals surface area contributed by atoms with Gasteiger partial charge >= 0.3 is 0 Å². The quantitative estimate of drug-likeness (QED) is 0.829. The maximum absolute atomic E-state index is 6.14. The first-order valence-corrected chi connectivity index (χ1v) is 6.26. The second-order valence-corrected chi connectivity index (χ2v) is 4.40. The second-order valence-electron chi connectivity index (χ2n) is 4.00. The van der Waals surface area contributed by atoms with Crippen LogP contribution < -0.4 is 27.2 Å². The van der Waals surface area contributed by atoms with Gasteiger partial charge < -0.3 is 31.6 Å². The summed E-state index contributed by atoms with van der Waals surface area (Å²) in [6.45, 7) is 1.33. The molecule has 1 aromatic heterocycles. The zero-order valence-corrected chi connectivity index (χ0v) is 12.8. The van der Waals surface area contributed by atoms with Crippen molar-refractivity contribution >= 4 is 11.6 Å². The molecule has 0 saturated heterocycles. The van der Waals surface area contributed by atoms with Crippen molar-refractivity contribution in [1.29, 1.82) is 0 Å². The molecular formula is C14H16Cl2NO3-. The monoisotopic (exact) mass is 316 g/mol. The molecule has 0 fully saturated rings. The Morgan fingerprint density at radius 3 is 2.60 bits per heavy atom. The molecule has 110 valence electrons. The summed E-state index contributed by atoms with van der Waals surface area (Å²) in [4.78, 5) is 0. The van der Waals surface area contributed by atoms with Gasteiger partial charge in [0, 0.05) is 6.54 Å². The first-order valence-electron chi connectivity index (χ1n) is 5.88. The lowest BCUT2D eigenvalue weighted by Crippen LogP contribution is -3.00. The van der Waals surface area contributed by atoms with E-state index >= 15 is 0 Å². The Kier molecular flexibility index (Phi) is 6.71. The van der Waals surface area contributed by atoms with Gasteiger partial charge in [0.1, 0.15) is 5.76 Å². The highest BCUT2D eigenvalue weighted by Gasteiger charge is 2.10. The van der Waals surface area contributed by atoms with Gasteiger partial charge in [0.05, 0.1) is 32.1 Å². The molecule has 0 saturated carbocycles. The lowest BCUT2D eigenvalue weighted by molar-refractivity contribution is -0.00000487. The van der Waals surface area contributed by atoms with Gasteiger partial charge in [-0.15, -0.1) is 0 Å². The zero-order valence-electron chi connectivity index (χ0n) is 11.3. The van der Waals surface area contributed by atoms with E-state index in [0.717, 1.165) is 11.3 Å². The van der Waals surface area contributed by atoms with Crippen LogP contribution in [-0.4, -0.2) is 14.2 Å². The second kappa shape index (κ2) is 8.04. The van der Waals surface area contributed by atoms with Crippen LogP contribution in [0.25, 0.3) is 0 Å². The van der Waals surface area contributed by atoms with Crippen molar-refractivity contribution in [2.45, 2.75) is 13.1 Å². The number of nitrogens with one attached hydrogen (secondary N) is 1. The van der Waals surface area contributed by atoms with Gasteiger partial charge in [0.25, 0.3) is 0 Å². The molecule has 0 amide bonds. The van der Waals surface area contributed by atoms with Gasteiger partial charge in [-0.1, -0.05) is 11.6 Å². The Morgan fingerprint density at radius 2 is 2.00 bits per heavy atom. The van der Waals surface area contributed by atoms with Crippen LogP contribution in [0.15, 0.2) is 34.9 Å². The molecule has 1 N–H and O–H groups in total. The summed E-state index contributed by atoms with van der Waals surface area (Å²) in [5, 5.41) is 3.81. The smallest absolute Gasteiger partial charge is 0.179 e. The lowest BCUT2D eigenvalue weighted by atomic mass is 10.2. The first kappa shape index (κ1) is 16.7. The zero-order chi connectivity index (χ0) is 13.7. The molecule has 0 aliphatic heterocycles. The predicted molar refractivity (Wildman–Crippen MR) is 73.8 cm³/mol. The van der Waals surface area contributed by atoms with Crippen molar-refractivity contribution in [2.24, 2.45) is 0 Å². The van der Waals surface area contributed by atoms with E-state index in [9.17, 15) is 0 Å². The highest BCUT2D eigenvalue weighted by molar-refractivity contribution is 6.32. The normalized spacial score (nSPS) is 9.95. The SMILES string of the molecule is COc1cc(CNCc2ccco2)cc(Cl)c1OC.[Cl-]. The number of benzene rings is 1. The molecule has 0 radical (unpaired) electrons. The minimum Gasteiger partial charge on any atom is -1.00 e. The van der Waals surface area contributed by atoms with Gasteiger partial charge in [-0.3, -0.25) is 0 Å². The van der Waals surface area contributed by atoms with Crippen molar-refractivity contribution in [2.75, 3.05) is 14.2 Å². The van der Waals surface area contributed by atoms with Crippen LogP contribution in [0.2, 0.25) is 5.02 Å². The molecule has 0 aliphatic rings. The largest absolute Gasteiger partial charge is 1.00 e. The molecule has 1 heterocycles. The Hall–Kier alpha value is -1.36. The third kappa shape index (κ3) is 4.07. The summed E-state index contributed by atoms with van der Waals surface area (Å²) in [7, 11) is 3.16. The van der Waals surface area contributed by atoms with E-state index in [2.05, 4.69) is 5.32 Å². The summed E-state index contributed by atoms with van der Waals surface area (Å²) in [5.41, 5.74) is 1.02. The standard InChI is InChI=1S/C14H16ClNO3.ClH/c1-17-13-7-10(6-12(15)14(13)18-2)8-16-9-11-4-3-5-19-11;/h3-7,16H,8-9H2,1-2H3;1H/p-1. The molecule has 0 spiro atoms. The summed E-state index contributed by atoms with van der Waals surface area (Å²) in [6, 6.07) is 7.55. The number of furan rings is 1. The summed E-state index contributed by atoms with van der Waals surface area (Å²) in [6.07, 6.45) is 1.66. The van der Waals surface area contributed by atoms with Gasteiger partial charge in [-0.2, -0.15) is 0 Å². The van der Waals surface area contributed by atoms with E-state index < -0.39 is 0 Å². The van der Waals surface area contributed by atoms with E-state index in [4.69, 9.17) is 25.5 Å². The van der Waals surface area contributed by atoms with Crippen LogP contribution in [0.5, 0.6) is 11.5 Å². The maximum atomic E-state index is 6.14. The van der Waals surface area contributed by atoms with E-state index in [-0.39, 0.29) is 12.4 Å². The highest BCUT2D eigenvalue weighted by atomic mass is 35.5. The number of hydrogen-bond donors (Lipinski definition) is 1. The van der Waals surface area contributed by atoms with Crippen molar-refractivity contribution in [1.82, 2.24) is 5.32 Å².